The molecule has 0 atom stereocenters. The average molecular weight is 199 g/mol. The van der Waals surface area contributed by atoms with E-state index in [1.807, 2.05) is 0 Å². The van der Waals surface area contributed by atoms with Crippen LogP contribution < -0.4 is 5.32 Å². The Morgan fingerprint density at radius 3 is 2.79 bits per heavy atom. The molecule has 0 heterocycles. The highest BCUT2D eigenvalue weighted by Crippen LogP contribution is 2.19. The molecule has 0 aromatic rings. The van der Waals surface area contributed by atoms with Gasteiger partial charge in [-0.15, -0.1) is 0 Å². The van der Waals surface area contributed by atoms with Crippen LogP contribution >= 0.6 is 0 Å². The van der Waals surface area contributed by atoms with Crippen molar-refractivity contribution in [3.8, 4) is 0 Å². The van der Waals surface area contributed by atoms with Gasteiger partial charge in [0.1, 0.15) is 0 Å². The zero-order chi connectivity index (χ0) is 10.2. The summed E-state index contributed by atoms with van der Waals surface area (Å²) >= 11 is 0. The second-order valence-corrected chi connectivity index (χ2v) is 3.61. The van der Waals surface area contributed by atoms with E-state index in [9.17, 15) is 0 Å². The molecular formula is C11H21NO2. The molecular weight excluding hydrogens is 178 g/mol. The molecule has 0 saturated heterocycles. The van der Waals surface area contributed by atoms with E-state index in [1.165, 1.54) is 25.7 Å². The number of hydrogen-bond acceptors (Lipinski definition) is 3. The minimum Gasteiger partial charge on any atom is -0.355 e. The van der Waals surface area contributed by atoms with E-state index in [2.05, 4.69) is 11.4 Å². The number of methoxy groups -OCH3 is 2. The van der Waals surface area contributed by atoms with E-state index < -0.39 is 0 Å². The summed E-state index contributed by atoms with van der Waals surface area (Å²) in [6.07, 6.45) is 7.32. The van der Waals surface area contributed by atoms with Gasteiger partial charge in [0, 0.05) is 20.8 Å². The van der Waals surface area contributed by atoms with Crippen LogP contribution in [-0.4, -0.2) is 33.6 Å². The number of allylic oxidation sites excluding steroid dienone is 1. The van der Waals surface area contributed by atoms with E-state index >= 15 is 0 Å². The highest BCUT2D eigenvalue weighted by molar-refractivity contribution is 5.07. The van der Waals surface area contributed by atoms with E-state index in [1.54, 1.807) is 19.8 Å². The predicted octanol–water partition coefficient (Wildman–Crippen LogP) is 1.70. The van der Waals surface area contributed by atoms with Gasteiger partial charge in [-0.25, -0.2) is 0 Å². The normalized spacial score (nSPS) is 16.4. The summed E-state index contributed by atoms with van der Waals surface area (Å²) in [6, 6.07) is 0. The Morgan fingerprint density at radius 1 is 1.43 bits per heavy atom. The lowest BCUT2D eigenvalue weighted by molar-refractivity contribution is -0.0986. The van der Waals surface area contributed by atoms with Crippen LogP contribution in [0.3, 0.4) is 0 Å². The standard InChI is InChI=1S/C11H21NO2/c1-13-11(14-2)9-12-8-7-10-5-3-4-6-10/h5,11-12H,3-4,6-9H2,1-2H3. The number of ether oxygens (including phenoxy) is 2. The van der Waals surface area contributed by atoms with Crippen molar-refractivity contribution in [2.75, 3.05) is 27.3 Å². The first-order valence-corrected chi connectivity index (χ1v) is 5.31. The van der Waals surface area contributed by atoms with Gasteiger partial charge in [-0.2, -0.15) is 0 Å². The Kier molecular flexibility index (Phi) is 5.83. The van der Waals surface area contributed by atoms with Crippen molar-refractivity contribution < 1.29 is 9.47 Å². The number of rotatable bonds is 7. The maximum atomic E-state index is 5.07. The van der Waals surface area contributed by atoms with E-state index in [-0.39, 0.29) is 6.29 Å². The van der Waals surface area contributed by atoms with Crippen molar-refractivity contribution in [3.63, 3.8) is 0 Å². The van der Waals surface area contributed by atoms with Crippen molar-refractivity contribution >= 4 is 0 Å². The summed E-state index contributed by atoms with van der Waals surface area (Å²) in [5.41, 5.74) is 1.60. The molecule has 3 heteroatoms. The lowest BCUT2D eigenvalue weighted by atomic mass is 10.2. The molecule has 0 aliphatic heterocycles. The van der Waals surface area contributed by atoms with E-state index in [0.717, 1.165) is 13.1 Å². The molecule has 0 bridgehead atoms. The summed E-state index contributed by atoms with van der Waals surface area (Å²) in [6.45, 7) is 1.79. The molecule has 0 amide bonds. The first kappa shape index (κ1) is 11.7. The van der Waals surface area contributed by atoms with Crippen molar-refractivity contribution in [2.45, 2.75) is 32.0 Å². The van der Waals surface area contributed by atoms with Crippen LogP contribution in [0.5, 0.6) is 0 Å². The lowest BCUT2D eigenvalue weighted by Crippen LogP contribution is -2.30. The molecule has 0 aromatic heterocycles. The highest BCUT2D eigenvalue weighted by Gasteiger charge is 2.05. The molecule has 1 aliphatic carbocycles. The molecule has 1 aliphatic rings. The molecule has 1 rings (SSSR count). The molecule has 14 heavy (non-hydrogen) atoms. The quantitative estimate of drug-likeness (QED) is 0.384. The summed E-state index contributed by atoms with van der Waals surface area (Å²) < 4.78 is 10.1. The Balaban J connectivity index is 1.98. The van der Waals surface area contributed by atoms with Crippen LogP contribution in [0.15, 0.2) is 11.6 Å². The molecule has 82 valence electrons. The highest BCUT2D eigenvalue weighted by atomic mass is 16.7. The van der Waals surface area contributed by atoms with Gasteiger partial charge in [-0.05, 0) is 32.2 Å². The Morgan fingerprint density at radius 2 is 2.21 bits per heavy atom. The minimum atomic E-state index is -0.118. The fourth-order valence-electron chi connectivity index (χ4n) is 1.70. The Bertz CT molecular complexity index is 176. The summed E-state index contributed by atoms with van der Waals surface area (Å²) in [5, 5.41) is 3.32. The Labute approximate surface area is 86.5 Å². The smallest absolute Gasteiger partial charge is 0.169 e. The van der Waals surface area contributed by atoms with Crippen molar-refractivity contribution in [1.82, 2.24) is 5.32 Å². The number of hydrogen-bond donors (Lipinski definition) is 1. The topological polar surface area (TPSA) is 30.5 Å². The minimum absolute atomic E-state index is 0.118. The van der Waals surface area contributed by atoms with Gasteiger partial charge < -0.3 is 14.8 Å². The van der Waals surface area contributed by atoms with Gasteiger partial charge in [-0.1, -0.05) is 11.6 Å². The van der Waals surface area contributed by atoms with E-state index in [0.29, 0.717) is 0 Å². The second kappa shape index (κ2) is 6.98. The van der Waals surface area contributed by atoms with Crippen LogP contribution in [0.25, 0.3) is 0 Å². The van der Waals surface area contributed by atoms with Crippen LogP contribution in [0.1, 0.15) is 25.7 Å². The van der Waals surface area contributed by atoms with Gasteiger partial charge in [0.05, 0.1) is 0 Å². The summed E-state index contributed by atoms with van der Waals surface area (Å²) in [4.78, 5) is 0. The average Bonchev–Trinajstić information content (AvgIpc) is 2.71. The Hall–Kier alpha value is -0.380. The third-order valence-electron chi connectivity index (χ3n) is 2.59. The molecule has 0 unspecified atom stereocenters. The van der Waals surface area contributed by atoms with Crippen LogP contribution in [-0.2, 0) is 9.47 Å². The van der Waals surface area contributed by atoms with Crippen LogP contribution in [0, 0.1) is 0 Å². The third kappa shape index (κ3) is 4.22. The SMILES string of the molecule is COC(CNCCC1=CCCC1)OC. The van der Waals surface area contributed by atoms with Gasteiger partial charge in [-0.3, -0.25) is 0 Å². The molecule has 0 saturated carbocycles. The van der Waals surface area contributed by atoms with Gasteiger partial charge in [0.15, 0.2) is 6.29 Å². The zero-order valence-corrected chi connectivity index (χ0v) is 9.21. The first-order chi connectivity index (χ1) is 6.86. The van der Waals surface area contributed by atoms with Gasteiger partial charge >= 0.3 is 0 Å². The maximum absolute atomic E-state index is 5.07. The van der Waals surface area contributed by atoms with Crippen LogP contribution in [0.2, 0.25) is 0 Å². The predicted molar refractivity (Wildman–Crippen MR) is 57.2 cm³/mol. The third-order valence-corrected chi connectivity index (χ3v) is 2.59. The molecule has 1 N–H and O–H groups in total. The van der Waals surface area contributed by atoms with Crippen molar-refractivity contribution in [3.05, 3.63) is 11.6 Å². The zero-order valence-electron chi connectivity index (χ0n) is 9.21. The lowest BCUT2D eigenvalue weighted by Gasteiger charge is -2.14. The molecule has 0 spiro atoms. The van der Waals surface area contributed by atoms with Gasteiger partial charge in [0.2, 0.25) is 0 Å². The van der Waals surface area contributed by atoms with Crippen molar-refractivity contribution in [1.29, 1.82) is 0 Å². The van der Waals surface area contributed by atoms with Crippen molar-refractivity contribution in [2.24, 2.45) is 0 Å². The molecule has 0 fully saturated rings. The molecule has 0 radical (unpaired) electrons. The first-order valence-electron chi connectivity index (χ1n) is 5.31. The molecule has 3 nitrogen and oxygen atoms in total. The summed E-state index contributed by atoms with van der Waals surface area (Å²) in [5.74, 6) is 0. The monoisotopic (exact) mass is 199 g/mol. The number of nitrogens with one attached hydrogen (secondary N) is 1. The largest absolute Gasteiger partial charge is 0.355 e. The van der Waals surface area contributed by atoms with Gasteiger partial charge in [0.25, 0.3) is 0 Å². The fourth-order valence-corrected chi connectivity index (χ4v) is 1.70. The van der Waals surface area contributed by atoms with Crippen LogP contribution in [0.4, 0.5) is 0 Å². The molecule has 0 aromatic carbocycles. The summed E-state index contributed by atoms with van der Waals surface area (Å²) in [7, 11) is 3.32. The fraction of sp³-hybridized carbons (Fsp3) is 0.818. The maximum Gasteiger partial charge on any atom is 0.169 e. The second-order valence-electron chi connectivity index (χ2n) is 3.61. The van der Waals surface area contributed by atoms with E-state index in [4.69, 9.17) is 9.47 Å².